The first-order chi connectivity index (χ1) is 11.5. The first kappa shape index (κ1) is 17.8. The number of nitrogens with zero attached hydrogens (tertiary/aromatic N) is 1. The summed E-state index contributed by atoms with van der Waals surface area (Å²) in [5.41, 5.74) is 2.01. The van der Waals surface area contributed by atoms with Crippen molar-refractivity contribution in [3.8, 4) is 5.75 Å². The average Bonchev–Trinajstić information content (AvgIpc) is 2.58. The molecule has 5 heteroatoms. The lowest BCUT2D eigenvalue weighted by Gasteiger charge is -2.25. The van der Waals surface area contributed by atoms with Gasteiger partial charge >= 0.3 is 6.03 Å². The van der Waals surface area contributed by atoms with Gasteiger partial charge in [-0.2, -0.15) is 0 Å². The molecular weight excluding hydrogens is 307 g/mol. The Morgan fingerprint density at radius 1 is 1.25 bits per heavy atom. The second kappa shape index (κ2) is 8.34. The van der Waals surface area contributed by atoms with Crippen LogP contribution in [-0.2, 0) is 0 Å². The van der Waals surface area contributed by atoms with Crippen LogP contribution in [-0.4, -0.2) is 31.1 Å². The highest BCUT2D eigenvalue weighted by molar-refractivity contribution is 5.74. The third-order valence-electron chi connectivity index (χ3n) is 3.89. The van der Waals surface area contributed by atoms with Crippen molar-refractivity contribution >= 4 is 6.03 Å². The summed E-state index contributed by atoms with van der Waals surface area (Å²) in [6, 6.07) is 13.6. The summed E-state index contributed by atoms with van der Waals surface area (Å²) in [6.07, 6.45) is 0. The molecule has 1 N–H and O–H groups in total. The highest BCUT2D eigenvalue weighted by Crippen LogP contribution is 2.18. The minimum atomic E-state index is -0.286. The van der Waals surface area contributed by atoms with Crippen LogP contribution in [0.3, 0.4) is 0 Å². The fourth-order valence-corrected chi connectivity index (χ4v) is 2.30. The van der Waals surface area contributed by atoms with Gasteiger partial charge in [0.1, 0.15) is 18.2 Å². The molecule has 1 unspecified atom stereocenters. The van der Waals surface area contributed by atoms with Gasteiger partial charge in [-0.05, 0) is 49.2 Å². The van der Waals surface area contributed by atoms with Gasteiger partial charge in [-0.15, -0.1) is 0 Å². The molecule has 0 saturated heterocycles. The Balaban J connectivity index is 1.78. The Morgan fingerprint density at radius 3 is 2.62 bits per heavy atom. The number of carbonyl (C=O) groups is 1. The standard InChI is InChI=1S/C19H23FN2O2/c1-14-5-4-6-18(13-14)24-12-11-21-19(23)22(3)15(2)16-7-9-17(20)10-8-16/h4-10,13,15H,11-12H2,1-3H3,(H,21,23). The number of carbonyl (C=O) groups excluding carboxylic acids is 1. The molecule has 24 heavy (non-hydrogen) atoms. The van der Waals surface area contributed by atoms with Gasteiger partial charge in [-0.3, -0.25) is 0 Å². The molecule has 0 aliphatic heterocycles. The molecule has 0 spiro atoms. The molecule has 2 amide bonds. The maximum absolute atomic E-state index is 13.0. The van der Waals surface area contributed by atoms with E-state index in [0.29, 0.717) is 13.2 Å². The van der Waals surface area contributed by atoms with Crippen LogP contribution < -0.4 is 10.1 Å². The zero-order valence-electron chi connectivity index (χ0n) is 14.3. The maximum atomic E-state index is 13.0. The number of hydrogen-bond acceptors (Lipinski definition) is 2. The summed E-state index contributed by atoms with van der Waals surface area (Å²) < 4.78 is 18.6. The number of hydrogen-bond donors (Lipinski definition) is 1. The second-order valence-electron chi connectivity index (χ2n) is 5.74. The van der Waals surface area contributed by atoms with Gasteiger partial charge in [0.2, 0.25) is 0 Å². The topological polar surface area (TPSA) is 41.6 Å². The number of halogens is 1. The first-order valence-corrected chi connectivity index (χ1v) is 7.93. The predicted octanol–water partition coefficient (Wildman–Crippen LogP) is 3.92. The van der Waals surface area contributed by atoms with Crippen molar-refractivity contribution in [1.82, 2.24) is 10.2 Å². The van der Waals surface area contributed by atoms with E-state index in [1.807, 2.05) is 38.1 Å². The number of benzene rings is 2. The second-order valence-corrected chi connectivity index (χ2v) is 5.74. The first-order valence-electron chi connectivity index (χ1n) is 7.93. The van der Waals surface area contributed by atoms with Crippen LogP contribution in [0.2, 0.25) is 0 Å². The largest absolute Gasteiger partial charge is 0.492 e. The summed E-state index contributed by atoms with van der Waals surface area (Å²) in [5, 5.41) is 2.82. The van der Waals surface area contributed by atoms with Gasteiger partial charge in [0, 0.05) is 7.05 Å². The van der Waals surface area contributed by atoms with Crippen LogP contribution in [0, 0.1) is 12.7 Å². The van der Waals surface area contributed by atoms with E-state index in [1.165, 1.54) is 12.1 Å². The number of urea groups is 1. The summed E-state index contributed by atoms with van der Waals surface area (Å²) in [5.74, 6) is 0.503. The highest BCUT2D eigenvalue weighted by atomic mass is 19.1. The van der Waals surface area contributed by atoms with E-state index < -0.39 is 0 Å². The van der Waals surface area contributed by atoms with Crippen molar-refractivity contribution in [1.29, 1.82) is 0 Å². The summed E-state index contributed by atoms with van der Waals surface area (Å²) >= 11 is 0. The zero-order chi connectivity index (χ0) is 17.5. The molecule has 4 nitrogen and oxygen atoms in total. The number of ether oxygens (including phenoxy) is 1. The van der Waals surface area contributed by atoms with Crippen molar-refractivity contribution in [2.75, 3.05) is 20.2 Å². The number of aryl methyl sites for hydroxylation is 1. The van der Waals surface area contributed by atoms with E-state index >= 15 is 0 Å². The Bertz CT molecular complexity index is 673. The van der Waals surface area contributed by atoms with Crippen LogP contribution in [0.15, 0.2) is 48.5 Å². The molecule has 2 aromatic rings. The quantitative estimate of drug-likeness (QED) is 0.816. The minimum Gasteiger partial charge on any atom is -0.492 e. The zero-order valence-corrected chi connectivity index (χ0v) is 14.3. The Kier molecular flexibility index (Phi) is 6.18. The average molecular weight is 330 g/mol. The minimum absolute atomic E-state index is 0.150. The Hall–Kier alpha value is -2.56. The van der Waals surface area contributed by atoms with Crippen molar-refractivity contribution in [3.63, 3.8) is 0 Å². The molecule has 0 radical (unpaired) electrons. The molecule has 2 rings (SSSR count). The summed E-state index contributed by atoms with van der Waals surface area (Å²) in [4.78, 5) is 13.8. The number of rotatable bonds is 6. The van der Waals surface area contributed by atoms with E-state index in [1.54, 1.807) is 24.1 Å². The molecule has 0 fully saturated rings. The number of nitrogens with one attached hydrogen (secondary N) is 1. The lowest BCUT2D eigenvalue weighted by Crippen LogP contribution is -2.40. The van der Waals surface area contributed by atoms with Gasteiger partial charge in [0.15, 0.2) is 0 Å². The maximum Gasteiger partial charge on any atom is 0.317 e. The fraction of sp³-hybridized carbons (Fsp3) is 0.316. The van der Waals surface area contributed by atoms with E-state index in [4.69, 9.17) is 4.74 Å². The molecule has 2 aromatic carbocycles. The number of amides is 2. The predicted molar refractivity (Wildman–Crippen MR) is 92.7 cm³/mol. The van der Waals surface area contributed by atoms with Crippen LogP contribution in [0.25, 0.3) is 0 Å². The third-order valence-corrected chi connectivity index (χ3v) is 3.89. The molecule has 1 atom stereocenters. The van der Waals surface area contributed by atoms with Gasteiger partial charge in [0.25, 0.3) is 0 Å². The van der Waals surface area contributed by atoms with Crippen LogP contribution in [0.5, 0.6) is 5.75 Å². The van der Waals surface area contributed by atoms with Gasteiger partial charge < -0.3 is 15.0 Å². The molecule has 0 heterocycles. The molecular formula is C19H23FN2O2. The van der Waals surface area contributed by atoms with E-state index in [9.17, 15) is 9.18 Å². The van der Waals surface area contributed by atoms with E-state index in [0.717, 1.165) is 16.9 Å². The molecule has 0 saturated carbocycles. The van der Waals surface area contributed by atoms with Crippen molar-refractivity contribution in [2.45, 2.75) is 19.9 Å². The van der Waals surface area contributed by atoms with Crippen molar-refractivity contribution < 1.29 is 13.9 Å². The van der Waals surface area contributed by atoms with Gasteiger partial charge in [-0.25, -0.2) is 9.18 Å². The van der Waals surface area contributed by atoms with Gasteiger partial charge in [-0.1, -0.05) is 24.3 Å². The fourth-order valence-electron chi connectivity index (χ4n) is 2.30. The van der Waals surface area contributed by atoms with Crippen molar-refractivity contribution in [3.05, 3.63) is 65.5 Å². The third kappa shape index (κ3) is 4.98. The molecule has 0 aromatic heterocycles. The molecule has 0 bridgehead atoms. The van der Waals surface area contributed by atoms with E-state index in [2.05, 4.69) is 5.32 Å². The molecule has 0 aliphatic rings. The van der Waals surface area contributed by atoms with Crippen molar-refractivity contribution in [2.24, 2.45) is 0 Å². The van der Waals surface area contributed by atoms with Gasteiger partial charge in [0.05, 0.1) is 12.6 Å². The van der Waals surface area contributed by atoms with E-state index in [-0.39, 0.29) is 17.9 Å². The smallest absolute Gasteiger partial charge is 0.317 e. The van der Waals surface area contributed by atoms with Crippen LogP contribution >= 0.6 is 0 Å². The normalized spacial score (nSPS) is 11.7. The lowest BCUT2D eigenvalue weighted by atomic mass is 10.1. The SMILES string of the molecule is Cc1cccc(OCCNC(=O)N(C)C(C)c2ccc(F)cc2)c1. The lowest BCUT2D eigenvalue weighted by molar-refractivity contribution is 0.191. The van der Waals surface area contributed by atoms with Crippen LogP contribution in [0.4, 0.5) is 9.18 Å². The summed E-state index contributed by atoms with van der Waals surface area (Å²) in [6.45, 7) is 4.71. The molecule has 0 aliphatic carbocycles. The highest BCUT2D eigenvalue weighted by Gasteiger charge is 2.16. The monoisotopic (exact) mass is 330 g/mol. The Morgan fingerprint density at radius 2 is 1.96 bits per heavy atom. The molecule has 128 valence electrons. The Labute approximate surface area is 142 Å². The van der Waals surface area contributed by atoms with Crippen LogP contribution in [0.1, 0.15) is 24.1 Å². The summed E-state index contributed by atoms with van der Waals surface area (Å²) in [7, 11) is 1.71.